The van der Waals surface area contributed by atoms with Gasteiger partial charge in [0.1, 0.15) is 17.9 Å². The van der Waals surface area contributed by atoms with Crippen LogP contribution in [0.1, 0.15) is 51.8 Å². The molecule has 19 heavy (non-hydrogen) atoms. The van der Waals surface area contributed by atoms with Crippen molar-refractivity contribution in [3.8, 4) is 0 Å². The van der Waals surface area contributed by atoms with Gasteiger partial charge in [-0.25, -0.2) is 9.67 Å². The molecule has 1 aromatic heterocycles. The summed E-state index contributed by atoms with van der Waals surface area (Å²) in [7, 11) is 0. The van der Waals surface area contributed by atoms with Crippen LogP contribution in [-0.4, -0.2) is 27.1 Å². The molecule has 0 aromatic carbocycles. The number of hydrogen-bond acceptors (Lipinski definition) is 4. The highest BCUT2D eigenvalue weighted by molar-refractivity contribution is 5.80. The van der Waals surface area contributed by atoms with Crippen molar-refractivity contribution in [1.82, 2.24) is 14.8 Å². The van der Waals surface area contributed by atoms with Crippen LogP contribution in [0.5, 0.6) is 0 Å². The summed E-state index contributed by atoms with van der Waals surface area (Å²) in [4.78, 5) is 16.1. The molecule has 2 N–H and O–H groups in total. The fourth-order valence-electron chi connectivity index (χ4n) is 2.01. The van der Waals surface area contributed by atoms with Gasteiger partial charge in [-0.3, -0.25) is 4.79 Å². The number of nitrogens with two attached hydrogens (primary N) is 1. The molecule has 5 heteroatoms. The first kappa shape index (κ1) is 15.8. The Balaban J connectivity index is 2.30. The van der Waals surface area contributed by atoms with Crippen molar-refractivity contribution in [3.05, 3.63) is 12.2 Å². The van der Waals surface area contributed by atoms with Gasteiger partial charge in [0, 0.05) is 13.0 Å². The second kappa shape index (κ2) is 8.80. The SMILES string of the molecule is CC(C)Cn1ncnc1CC(=O)CCCCCCN. The zero-order chi connectivity index (χ0) is 14.1. The Morgan fingerprint density at radius 1 is 1.32 bits per heavy atom. The fourth-order valence-corrected chi connectivity index (χ4v) is 2.01. The van der Waals surface area contributed by atoms with E-state index in [0.717, 1.165) is 44.6 Å². The first-order valence-corrected chi connectivity index (χ1v) is 7.22. The van der Waals surface area contributed by atoms with Gasteiger partial charge in [0.15, 0.2) is 0 Å². The van der Waals surface area contributed by atoms with Crippen LogP contribution in [0, 0.1) is 5.92 Å². The Morgan fingerprint density at radius 3 is 2.74 bits per heavy atom. The third-order valence-electron chi connectivity index (χ3n) is 3.00. The number of carbonyl (C=O) groups excluding carboxylic acids is 1. The van der Waals surface area contributed by atoms with Gasteiger partial charge >= 0.3 is 0 Å². The summed E-state index contributed by atoms with van der Waals surface area (Å²) in [6, 6.07) is 0. The molecule has 0 bridgehead atoms. The predicted molar refractivity (Wildman–Crippen MR) is 75.7 cm³/mol. The monoisotopic (exact) mass is 266 g/mol. The van der Waals surface area contributed by atoms with Gasteiger partial charge in [-0.1, -0.05) is 26.7 Å². The Kier molecular flexibility index (Phi) is 7.33. The number of aromatic nitrogens is 3. The summed E-state index contributed by atoms with van der Waals surface area (Å²) >= 11 is 0. The number of nitrogens with zero attached hydrogens (tertiary/aromatic N) is 3. The number of Topliss-reactive ketones (excluding diaryl/α,β-unsaturated/α-hetero) is 1. The van der Waals surface area contributed by atoms with E-state index in [-0.39, 0.29) is 5.78 Å². The van der Waals surface area contributed by atoms with E-state index < -0.39 is 0 Å². The van der Waals surface area contributed by atoms with E-state index in [1.54, 1.807) is 0 Å². The van der Waals surface area contributed by atoms with Crippen molar-refractivity contribution in [2.45, 2.75) is 58.9 Å². The van der Waals surface area contributed by atoms with Crippen molar-refractivity contribution in [2.24, 2.45) is 11.7 Å². The molecular formula is C14H26N4O. The summed E-state index contributed by atoms with van der Waals surface area (Å²) in [5, 5.41) is 4.17. The molecule has 0 saturated carbocycles. The lowest BCUT2D eigenvalue weighted by Crippen LogP contribution is -2.14. The van der Waals surface area contributed by atoms with Gasteiger partial charge in [-0.15, -0.1) is 0 Å². The normalized spacial score (nSPS) is 11.2. The van der Waals surface area contributed by atoms with E-state index in [4.69, 9.17) is 5.73 Å². The largest absolute Gasteiger partial charge is 0.330 e. The summed E-state index contributed by atoms with van der Waals surface area (Å²) in [5.41, 5.74) is 5.43. The van der Waals surface area contributed by atoms with Crippen molar-refractivity contribution >= 4 is 5.78 Å². The Hall–Kier alpha value is -1.23. The molecular weight excluding hydrogens is 240 g/mol. The molecule has 0 radical (unpaired) electrons. The van der Waals surface area contributed by atoms with E-state index in [1.165, 1.54) is 6.33 Å². The third kappa shape index (κ3) is 6.47. The molecule has 1 rings (SSSR count). The minimum Gasteiger partial charge on any atom is -0.330 e. The Labute approximate surface area is 115 Å². The van der Waals surface area contributed by atoms with E-state index in [1.807, 2.05) is 4.68 Å². The smallest absolute Gasteiger partial charge is 0.140 e. The molecule has 0 aliphatic heterocycles. The lowest BCUT2D eigenvalue weighted by atomic mass is 10.1. The summed E-state index contributed by atoms with van der Waals surface area (Å²) < 4.78 is 1.84. The van der Waals surface area contributed by atoms with Gasteiger partial charge in [0.2, 0.25) is 0 Å². The first-order chi connectivity index (χ1) is 9.13. The van der Waals surface area contributed by atoms with Gasteiger partial charge in [0.05, 0.1) is 6.42 Å². The lowest BCUT2D eigenvalue weighted by Gasteiger charge is -2.08. The third-order valence-corrected chi connectivity index (χ3v) is 3.00. The van der Waals surface area contributed by atoms with Gasteiger partial charge < -0.3 is 5.73 Å². The fraction of sp³-hybridized carbons (Fsp3) is 0.786. The summed E-state index contributed by atoms with van der Waals surface area (Å²) in [6.45, 7) is 5.82. The Morgan fingerprint density at radius 2 is 2.05 bits per heavy atom. The van der Waals surface area contributed by atoms with Crippen LogP contribution >= 0.6 is 0 Å². The van der Waals surface area contributed by atoms with Crippen molar-refractivity contribution in [2.75, 3.05) is 6.54 Å². The summed E-state index contributed by atoms with van der Waals surface area (Å²) in [5.74, 6) is 1.55. The molecule has 1 heterocycles. The second-order valence-electron chi connectivity index (χ2n) is 5.42. The van der Waals surface area contributed by atoms with Gasteiger partial charge in [-0.2, -0.15) is 5.10 Å². The molecule has 0 fully saturated rings. The molecule has 0 saturated heterocycles. The number of carbonyl (C=O) groups is 1. The summed E-state index contributed by atoms with van der Waals surface area (Å²) in [6.07, 6.45) is 6.79. The quantitative estimate of drug-likeness (QED) is 0.657. The minimum atomic E-state index is 0.255. The van der Waals surface area contributed by atoms with E-state index in [2.05, 4.69) is 23.9 Å². The molecule has 0 aliphatic rings. The van der Waals surface area contributed by atoms with Crippen LogP contribution in [0.15, 0.2) is 6.33 Å². The topological polar surface area (TPSA) is 73.8 Å². The van der Waals surface area contributed by atoms with Crippen molar-refractivity contribution in [3.63, 3.8) is 0 Å². The molecule has 0 atom stereocenters. The van der Waals surface area contributed by atoms with Crippen LogP contribution < -0.4 is 5.73 Å². The highest BCUT2D eigenvalue weighted by Gasteiger charge is 2.10. The van der Waals surface area contributed by atoms with E-state index in [9.17, 15) is 4.79 Å². The number of unbranched alkanes of at least 4 members (excludes halogenated alkanes) is 3. The average molecular weight is 266 g/mol. The van der Waals surface area contributed by atoms with Gasteiger partial charge in [-0.05, 0) is 25.3 Å². The molecule has 0 spiro atoms. The molecule has 0 aliphatic carbocycles. The zero-order valence-corrected chi connectivity index (χ0v) is 12.1. The lowest BCUT2D eigenvalue weighted by molar-refractivity contribution is -0.118. The molecule has 0 unspecified atom stereocenters. The van der Waals surface area contributed by atoms with E-state index >= 15 is 0 Å². The van der Waals surface area contributed by atoms with Crippen molar-refractivity contribution < 1.29 is 4.79 Å². The van der Waals surface area contributed by atoms with Crippen molar-refractivity contribution in [1.29, 1.82) is 0 Å². The number of rotatable bonds is 10. The highest BCUT2D eigenvalue weighted by atomic mass is 16.1. The average Bonchev–Trinajstić information content (AvgIpc) is 2.75. The Bertz CT molecular complexity index is 373. The maximum atomic E-state index is 11.9. The van der Waals surface area contributed by atoms with Gasteiger partial charge in [0.25, 0.3) is 0 Å². The number of hydrogen-bond donors (Lipinski definition) is 1. The highest BCUT2D eigenvalue weighted by Crippen LogP contribution is 2.07. The van der Waals surface area contributed by atoms with Crippen LogP contribution in [0.3, 0.4) is 0 Å². The maximum Gasteiger partial charge on any atom is 0.140 e. The molecule has 108 valence electrons. The predicted octanol–water partition coefficient (Wildman–Crippen LogP) is 1.95. The molecule has 0 amide bonds. The minimum absolute atomic E-state index is 0.255. The number of ketones is 1. The molecule has 5 nitrogen and oxygen atoms in total. The van der Waals surface area contributed by atoms with E-state index in [0.29, 0.717) is 18.8 Å². The zero-order valence-electron chi connectivity index (χ0n) is 12.1. The van der Waals surface area contributed by atoms with Crippen LogP contribution in [-0.2, 0) is 17.8 Å². The standard InChI is InChI=1S/C14H26N4O/c1-12(2)10-18-14(16-11-17-18)9-13(19)7-5-3-4-6-8-15/h11-12H,3-10,15H2,1-2H3. The molecule has 1 aromatic rings. The second-order valence-corrected chi connectivity index (χ2v) is 5.42. The van der Waals surface area contributed by atoms with Crippen LogP contribution in [0.25, 0.3) is 0 Å². The first-order valence-electron chi connectivity index (χ1n) is 7.22. The van der Waals surface area contributed by atoms with Crippen LogP contribution in [0.4, 0.5) is 0 Å². The maximum absolute atomic E-state index is 11.9. The van der Waals surface area contributed by atoms with Crippen LogP contribution in [0.2, 0.25) is 0 Å².